The molecule has 0 aliphatic carbocycles. The SMILES string of the molecule is CC(C)[C@@H](N)c1cc(Cl)cs1. The Hall–Kier alpha value is -0.0500. The van der Waals surface area contributed by atoms with Gasteiger partial charge in [-0.2, -0.15) is 0 Å². The fourth-order valence-electron chi connectivity index (χ4n) is 0.832. The van der Waals surface area contributed by atoms with E-state index in [1.54, 1.807) is 11.3 Å². The van der Waals surface area contributed by atoms with Crippen molar-refractivity contribution in [2.75, 3.05) is 0 Å². The highest BCUT2D eigenvalue weighted by atomic mass is 35.5. The highest BCUT2D eigenvalue weighted by Gasteiger charge is 2.11. The third-order valence-corrected chi connectivity index (χ3v) is 3.02. The van der Waals surface area contributed by atoms with Gasteiger partial charge in [-0.1, -0.05) is 25.4 Å². The predicted octanol–water partition coefficient (Wildman–Crippen LogP) is 3.06. The first kappa shape index (κ1) is 9.04. The lowest BCUT2D eigenvalue weighted by molar-refractivity contribution is 0.521. The molecule has 3 heteroatoms. The Morgan fingerprint density at radius 3 is 2.55 bits per heavy atom. The van der Waals surface area contributed by atoms with Gasteiger partial charge in [0.2, 0.25) is 0 Å². The van der Waals surface area contributed by atoms with Gasteiger partial charge in [-0.3, -0.25) is 0 Å². The Kier molecular flexibility index (Phi) is 2.93. The second-order valence-corrected chi connectivity index (χ2v) is 4.32. The largest absolute Gasteiger partial charge is 0.323 e. The van der Waals surface area contributed by atoms with Crippen LogP contribution in [0, 0.1) is 5.92 Å². The molecule has 62 valence electrons. The Bertz CT molecular complexity index is 232. The zero-order valence-electron chi connectivity index (χ0n) is 6.67. The van der Waals surface area contributed by atoms with Crippen LogP contribution in [0.5, 0.6) is 0 Å². The number of nitrogens with two attached hydrogens (primary N) is 1. The molecule has 1 rings (SSSR count). The summed E-state index contributed by atoms with van der Waals surface area (Å²) >= 11 is 7.39. The molecule has 0 amide bonds. The average molecular weight is 190 g/mol. The molecule has 1 atom stereocenters. The molecular weight excluding hydrogens is 178 g/mol. The van der Waals surface area contributed by atoms with E-state index < -0.39 is 0 Å². The van der Waals surface area contributed by atoms with Gasteiger partial charge >= 0.3 is 0 Å². The van der Waals surface area contributed by atoms with E-state index in [4.69, 9.17) is 17.3 Å². The quantitative estimate of drug-likeness (QED) is 0.761. The van der Waals surface area contributed by atoms with Crippen molar-refractivity contribution < 1.29 is 0 Å². The van der Waals surface area contributed by atoms with Crippen molar-refractivity contribution in [2.24, 2.45) is 11.7 Å². The van der Waals surface area contributed by atoms with Crippen molar-refractivity contribution in [1.29, 1.82) is 0 Å². The van der Waals surface area contributed by atoms with Crippen molar-refractivity contribution in [2.45, 2.75) is 19.9 Å². The molecule has 0 aromatic carbocycles. The van der Waals surface area contributed by atoms with Crippen LogP contribution in [0.1, 0.15) is 24.8 Å². The molecule has 0 fully saturated rings. The maximum absolute atomic E-state index is 5.90. The lowest BCUT2D eigenvalue weighted by atomic mass is 10.0. The molecule has 1 aromatic rings. The summed E-state index contributed by atoms with van der Waals surface area (Å²) < 4.78 is 0. The van der Waals surface area contributed by atoms with E-state index in [9.17, 15) is 0 Å². The Balaban J connectivity index is 2.76. The van der Waals surface area contributed by atoms with E-state index in [1.807, 2.05) is 11.4 Å². The van der Waals surface area contributed by atoms with Crippen LogP contribution in [0.25, 0.3) is 0 Å². The van der Waals surface area contributed by atoms with E-state index in [1.165, 1.54) is 4.88 Å². The van der Waals surface area contributed by atoms with Crippen LogP contribution in [0.4, 0.5) is 0 Å². The molecule has 11 heavy (non-hydrogen) atoms. The molecule has 1 nitrogen and oxygen atoms in total. The summed E-state index contributed by atoms with van der Waals surface area (Å²) in [5.41, 5.74) is 5.90. The topological polar surface area (TPSA) is 26.0 Å². The highest BCUT2D eigenvalue weighted by Crippen LogP contribution is 2.27. The minimum Gasteiger partial charge on any atom is -0.323 e. The molecular formula is C8H12ClNS. The predicted molar refractivity (Wildman–Crippen MR) is 51.1 cm³/mol. The minimum atomic E-state index is 0.132. The summed E-state index contributed by atoms with van der Waals surface area (Å²) in [5.74, 6) is 0.477. The van der Waals surface area contributed by atoms with Gasteiger partial charge in [0.15, 0.2) is 0 Å². The van der Waals surface area contributed by atoms with Gasteiger partial charge in [0, 0.05) is 16.3 Å². The van der Waals surface area contributed by atoms with Crippen molar-refractivity contribution >= 4 is 22.9 Å². The zero-order chi connectivity index (χ0) is 8.43. The van der Waals surface area contributed by atoms with Crippen molar-refractivity contribution in [3.63, 3.8) is 0 Å². The number of thiophene rings is 1. The van der Waals surface area contributed by atoms with Gasteiger partial charge < -0.3 is 5.73 Å². The summed E-state index contributed by atoms with van der Waals surface area (Å²) in [7, 11) is 0. The van der Waals surface area contributed by atoms with Crippen LogP contribution in [0.15, 0.2) is 11.4 Å². The standard InChI is InChI=1S/C8H12ClNS/c1-5(2)8(10)7-3-6(9)4-11-7/h3-5,8H,10H2,1-2H3/t8-/m1/s1. The number of halogens is 1. The molecule has 0 bridgehead atoms. The van der Waals surface area contributed by atoms with Crippen LogP contribution in [0.3, 0.4) is 0 Å². The van der Waals surface area contributed by atoms with Crippen LogP contribution in [-0.4, -0.2) is 0 Å². The second-order valence-electron chi connectivity index (χ2n) is 2.94. The van der Waals surface area contributed by atoms with Gasteiger partial charge in [0.1, 0.15) is 0 Å². The molecule has 1 aromatic heterocycles. The molecule has 0 saturated heterocycles. The first-order valence-electron chi connectivity index (χ1n) is 3.60. The smallest absolute Gasteiger partial charge is 0.0516 e. The summed E-state index contributed by atoms with van der Waals surface area (Å²) in [6.07, 6.45) is 0. The first-order valence-corrected chi connectivity index (χ1v) is 4.86. The monoisotopic (exact) mass is 189 g/mol. The summed E-state index contributed by atoms with van der Waals surface area (Å²) in [4.78, 5) is 1.17. The Morgan fingerprint density at radius 2 is 2.18 bits per heavy atom. The Morgan fingerprint density at radius 1 is 1.55 bits per heavy atom. The van der Waals surface area contributed by atoms with E-state index >= 15 is 0 Å². The normalized spacial score (nSPS) is 13.9. The molecule has 0 spiro atoms. The molecule has 0 saturated carbocycles. The number of hydrogen-bond acceptors (Lipinski definition) is 2. The molecule has 0 aliphatic heterocycles. The fourth-order valence-corrected chi connectivity index (χ4v) is 2.09. The maximum Gasteiger partial charge on any atom is 0.0516 e. The van der Waals surface area contributed by atoms with Crippen LogP contribution in [-0.2, 0) is 0 Å². The fraction of sp³-hybridized carbons (Fsp3) is 0.500. The lowest BCUT2D eigenvalue weighted by Gasteiger charge is -2.12. The van der Waals surface area contributed by atoms with Gasteiger partial charge in [-0.05, 0) is 12.0 Å². The molecule has 0 radical (unpaired) electrons. The van der Waals surface area contributed by atoms with Crippen LogP contribution in [0.2, 0.25) is 5.02 Å². The minimum absolute atomic E-state index is 0.132. The van der Waals surface area contributed by atoms with E-state index in [0.29, 0.717) is 5.92 Å². The van der Waals surface area contributed by atoms with Crippen molar-refractivity contribution in [1.82, 2.24) is 0 Å². The molecule has 0 aliphatic rings. The molecule has 0 unspecified atom stereocenters. The first-order chi connectivity index (χ1) is 5.11. The van der Waals surface area contributed by atoms with E-state index in [2.05, 4.69) is 13.8 Å². The molecule has 1 heterocycles. The van der Waals surface area contributed by atoms with Crippen LogP contribution < -0.4 is 5.73 Å². The van der Waals surface area contributed by atoms with Gasteiger partial charge in [0.05, 0.1) is 5.02 Å². The third kappa shape index (κ3) is 2.19. The van der Waals surface area contributed by atoms with Gasteiger partial charge in [-0.25, -0.2) is 0 Å². The van der Waals surface area contributed by atoms with Gasteiger partial charge in [0.25, 0.3) is 0 Å². The summed E-state index contributed by atoms with van der Waals surface area (Å²) in [6, 6.07) is 2.07. The van der Waals surface area contributed by atoms with Crippen molar-refractivity contribution in [3.8, 4) is 0 Å². The number of hydrogen-bond donors (Lipinski definition) is 1. The van der Waals surface area contributed by atoms with E-state index in [-0.39, 0.29) is 6.04 Å². The average Bonchev–Trinajstić information content (AvgIpc) is 2.34. The molecule has 2 N–H and O–H groups in total. The van der Waals surface area contributed by atoms with Gasteiger partial charge in [-0.15, -0.1) is 11.3 Å². The third-order valence-electron chi connectivity index (χ3n) is 1.63. The Labute approximate surface area is 76.2 Å². The zero-order valence-corrected chi connectivity index (χ0v) is 8.25. The van der Waals surface area contributed by atoms with Crippen molar-refractivity contribution in [3.05, 3.63) is 21.3 Å². The summed E-state index contributed by atoms with van der Waals surface area (Å²) in [6.45, 7) is 4.22. The summed E-state index contributed by atoms with van der Waals surface area (Å²) in [5, 5.41) is 2.71. The van der Waals surface area contributed by atoms with E-state index in [0.717, 1.165) is 5.02 Å². The second kappa shape index (κ2) is 3.57. The highest BCUT2D eigenvalue weighted by molar-refractivity contribution is 7.10. The van der Waals surface area contributed by atoms with Crippen LogP contribution >= 0.6 is 22.9 Å². The maximum atomic E-state index is 5.90. The number of rotatable bonds is 2. The lowest BCUT2D eigenvalue weighted by Crippen LogP contribution is -2.14.